The first-order chi connectivity index (χ1) is 31.0. The number of nitrogens with one attached hydrogen (secondary N) is 2. The Hall–Kier alpha value is -5.73. The first-order valence-corrected chi connectivity index (χ1v) is 22.6. The minimum absolute atomic E-state index is 0.00171. The Balaban J connectivity index is 0.693. The predicted molar refractivity (Wildman–Crippen MR) is 234 cm³/mol. The number of rotatable bonds is 11. The molecule has 10 rings (SSSR count). The number of benzene rings is 1. The quantitative estimate of drug-likeness (QED) is 0.186. The first-order valence-electron chi connectivity index (χ1n) is 22.6. The van der Waals surface area contributed by atoms with Gasteiger partial charge in [0.25, 0.3) is 12.3 Å². The van der Waals surface area contributed by atoms with Crippen molar-refractivity contribution in [2.24, 2.45) is 18.9 Å². The van der Waals surface area contributed by atoms with Crippen molar-refractivity contribution in [3.05, 3.63) is 64.6 Å². The molecule has 18 nitrogen and oxygen atoms in total. The van der Waals surface area contributed by atoms with Crippen molar-refractivity contribution >= 4 is 51.6 Å². The minimum Gasteiger partial charge on any atom is -0.375 e. The van der Waals surface area contributed by atoms with Crippen molar-refractivity contribution in [2.45, 2.75) is 70.1 Å². The summed E-state index contributed by atoms with van der Waals surface area (Å²) in [6.07, 6.45) is 5.99. The smallest absolute Gasteiger partial charge is 0.329 e. The maximum atomic E-state index is 14.3. The van der Waals surface area contributed by atoms with E-state index in [2.05, 4.69) is 40.4 Å². The lowest BCUT2D eigenvalue weighted by Gasteiger charge is -2.45. The van der Waals surface area contributed by atoms with E-state index in [1.54, 1.807) is 28.7 Å². The number of alkyl halides is 2. The molecule has 4 aliphatic heterocycles. The number of halogens is 2. The zero-order chi connectivity index (χ0) is 44.2. The molecule has 0 spiro atoms. The zero-order valence-corrected chi connectivity index (χ0v) is 36.2. The van der Waals surface area contributed by atoms with Gasteiger partial charge in [-0.1, -0.05) is 6.07 Å². The molecule has 3 amide bonds. The highest BCUT2D eigenvalue weighted by atomic mass is 19.3. The van der Waals surface area contributed by atoms with E-state index in [9.17, 15) is 28.0 Å². The van der Waals surface area contributed by atoms with E-state index < -0.39 is 30.0 Å². The van der Waals surface area contributed by atoms with Crippen molar-refractivity contribution in [1.29, 1.82) is 0 Å². The van der Waals surface area contributed by atoms with Gasteiger partial charge in [0, 0.05) is 97.2 Å². The Morgan fingerprint density at radius 1 is 0.938 bits per heavy atom. The van der Waals surface area contributed by atoms with Crippen LogP contribution in [0.3, 0.4) is 0 Å². The van der Waals surface area contributed by atoms with Gasteiger partial charge in [-0.05, 0) is 63.1 Å². The summed E-state index contributed by atoms with van der Waals surface area (Å²) in [6, 6.07) is 6.95. The van der Waals surface area contributed by atoms with Crippen LogP contribution in [0.2, 0.25) is 0 Å². The third-order valence-corrected chi connectivity index (χ3v) is 14.0. The molecule has 0 bridgehead atoms. The van der Waals surface area contributed by atoms with E-state index in [1.807, 2.05) is 31.2 Å². The van der Waals surface area contributed by atoms with E-state index in [-0.39, 0.29) is 41.4 Å². The molecular formula is C44H55F2N13O5. The second-order valence-corrected chi connectivity index (χ2v) is 18.3. The average molecular weight is 884 g/mol. The van der Waals surface area contributed by atoms with Gasteiger partial charge in [-0.25, -0.2) is 23.1 Å². The van der Waals surface area contributed by atoms with Gasteiger partial charge in [0.15, 0.2) is 11.3 Å². The van der Waals surface area contributed by atoms with Crippen LogP contribution in [0.15, 0.2) is 47.7 Å². The predicted octanol–water partition coefficient (Wildman–Crippen LogP) is 3.46. The van der Waals surface area contributed by atoms with E-state index in [0.717, 1.165) is 89.2 Å². The highest BCUT2D eigenvalue weighted by Crippen LogP contribution is 2.37. The number of hydrogen-bond donors (Lipinski definition) is 2. The number of amides is 3. The van der Waals surface area contributed by atoms with Crippen LogP contribution in [-0.4, -0.2) is 139 Å². The van der Waals surface area contributed by atoms with Crippen LogP contribution in [-0.2, 0) is 21.4 Å². The lowest BCUT2D eigenvalue weighted by atomic mass is 9.85. The fraction of sp³-hybridized carbons (Fsp3) is 0.568. The number of anilines is 3. The fourth-order valence-corrected chi connectivity index (χ4v) is 10.5. The lowest BCUT2D eigenvalue weighted by molar-refractivity contribution is -0.135. The number of ether oxygens (including phenoxy) is 1. The first kappa shape index (κ1) is 42.2. The average Bonchev–Trinajstić information content (AvgIpc) is 3.97. The summed E-state index contributed by atoms with van der Waals surface area (Å²) in [4.78, 5) is 65.6. The van der Waals surface area contributed by atoms with Gasteiger partial charge in [-0.3, -0.25) is 33.5 Å². The maximum absolute atomic E-state index is 14.3. The third-order valence-electron chi connectivity index (χ3n) is 14.0. The molecular weight excluding hydrogens is 829 g/mol. The van der Waals surface area contributed by atoms with Crippen LogP contribution in [0.4, 0.5) is 26.0 Å². The topological polar surface area (TPSA) is 172 Å². The zero-order valence-electron chi connectivity index (χ0n) is 36.2. The molecule has 4 saturated heterocycles. The van der Waals surface area contributed by atoms with Gasteiger partial charge >= 0.3 is 5.69 Å². The number of para-hydroxylation sites is 1. The number of imide groups is 1. The molecule has 5 fully saturated rings. The fourth-order valence-electron chi connectivity index (χ4n) is 10.5. The summed E-state index contributed by atoms with van der Waals surface area (Å²) < 4.78 is 40.6. The molecule has 20 heteroatoms. The van der Waals surface area contributed by atoms with E-state index in [0.29, 0.717) is 54.9 Å². The van der Waals surface area contributed by atoms with Crippen LogP contribution in [0, 0.1) is 11.8 Å². The van der Waals surface area contributed by atoms with Crippen molar-refractivity contribution in [1.82, 2.24) is 48.6 Å². The van der Waals surface area contributed by atoms with E-state index in [4.69, 9.17) is 9.72 Å². The Kier molecular flexibility index (Phi) is 11.4. The molecule has 8 heterocycles. The molecule has 4 aromatic heterocycles. The number of fused-ring (bicyclic) bond motifs is 2. The Morgan fingerprint density at radius 3 is 2.41 bits per heavy atom. The lowest BCUT2D eigenvalue weighted by Crippen LogP contribution is -2.55. The summed E-state index contributed by atoms with van der Waals surface area (Å²) in [5.41, 5.74) is 2.32. The molecule has 2 atom stereocenters. The van der Waals surface area contributed by atoms with Crippen LogP contribution < -0.4 is 26.1 Å². The van der Waals surface area contributed by atoms with Crippen molar-refractivity contribution in [2.75, 3.05) is 87.2 Å². The minimum atomic E-state index is -2.86. The van der Waals surface area contributed by atoms with Gasteiger partial charge < -0.3 is 29.7 Å². The highest BCUT2D eigenvalue weighted by Gasteiger charge is 2.36. The van der Waals surface area contributed by atoms with Crippen LogP contribution in [0.25, 0.3) is 16.7 Å². The molecule has 1 aromatic carbocycles. The molecule has 64 heavy (non-hydrogen) atoms. The highest BCUT2D eigenvalue weighted by molar-refractivity contribution is 6.08. The SMILES string of the molecule is C[C@H]1CN(c2ccn3ncc(C(=O)Nc4cn([C@H]5CC[C@H](CN6CCN(CC7CN(c8cccc9c8n(C)c(=O)n9C8CCC(=O)NC8=O)C7)CC6)CC5)nc4C(F)F)c3n2)CCO1. The Bertz CT molecular complexity index is 2620. The van der Waals surface area contributed by atoms with Gasteiger partial charge in [-0.2, -0.15) is 10.2 Å². The number of carbonyl (C=O) groups excluding carboxylic acids is 3. The second-order valence-electron chi connectivity index (χ2n) is 18.3. The molecule has 1 saturated carbocycles. The number of aromatic nitrogens is 7. The Morgan fingerprint density at radius 2 is 1.69 bits per heavy atom. The standard InChI is InChI=1S/C44H55F2N13O5/c1-27-21-55(18-19-64-27)36-12-13-57-41(49-36)31(20-47-57)42(61)48-32-26-58(51-38(32)40(45)46)30-8-6-28(7-9-30)22-53-14-16-54(17-15-53)23-29-24-56(25-29)33-4-3-5-34-39(33)52(2)44(63)59(34)35-10-11-37(60)50-43(35)62/h3-5,12-13,20,26-30,35,40H,6-11,14-19,21-25H2,1-2H3,(H,48,61)(H,50,60,62)/t27-,28-,30-,35?/m0/s1. The summed E-state index contributed by atoms with van der Waals surface area (Å²) in [5, 5.41) is 13.7. The van der Waals surface area contributed by atoms with Crippen LogP contribution in [0.5, 0.6) is 0 Å². The van der Waals surface area contributed by atoms with E-state index >= 15 is 0 Å². The molecule has 5 aromatic rings. The Labute approximate surface area is 368 Å². The normalized spacial score (nSPS) is 24.2. The van der Waals surface area contributed by atoms with Crippen LogP contribution in [0.1, 0.15) is 80.0 Å². The number of hydrogen-bond acceptors (Lipinski definition) is 12. The largest absolute Gasteiger partial charge is 0.375 e. The van der Waals surface area contributed by atoms with Gasteiger partial charge in [-0.15, -0.1) is 0 Å². The molecule has 2 N–H and O–H groups in total. The van der Waals surface area contributed by atoms with Crippen molar-refractivity contribution < 1.29 is 27.9 Å². The van der Waals surface area contributed by atoms with E-state index in [1.165, 1.54) is 15.3 Å². The summed E-state index contributed by atoms with van der Waals surface area (Å²) in [6.45, 7) is 11.7. The monoisotopic (exact) mass is 883 g/mol. The van der Waals surface area contributed by atoms with Crippen molar-refractivity contribution in [3.8, 4) is 0 Å². The molecule has 0 radical (unpaired) electrons. The summed E-state index contributed by atoms with van der Waals surface area (Å²) >= 11 is 0. The number of morpholine rings is 1. The number of aryl methyl sites for hydroxylation is 1. The number of imidazole rings is 1. The number of nitrogens with zero attached hydrogens (tertiary/aromatic N) is 11. The third kappa shape index (κ3) is 8.15. The molecule has 5 aliphatic rings. The number of piperidine rings is 1. The molecule has 1 unspecified atom stereocenters. The van der Waals surface area contributed by atoms with Gasteiger partial charge in [0.1, 0.15) is 17.4 Å². The van der Waals surface area contributed by atoms with Crippen LogP contribution >= 0.6 is 0 Å². The number of carbonyl (C=O) groups is 3. The summed E-state index contributed by atoms with van der Waals surface area (Å²) in [5.74, 6) is 0.410. The van der Waals surface area contributed by atoms with Gasteiger partial charge in [0.2, 0.25) is 11.8 Å². The maximum Gasteiger partial charge on any atom is 0.329 e. The number of piperazine rings is 1. The second kappa shape index (κ2) is 17.3. The van der Waals surface area contributed by atoms with Crippen molar-refractivity contribution in [3.63, 3.8) is 0 Å². The van der Waals surface area contributed by atoms with Gasteiger partial charge in [0.05, 0.1) is 47.4 Å². The summed E-state index contributed by atoms with van der Waals surface area (Å²) in [7, 11) is 1.74. The molecule has 340 valence electrons. The molecule has 1 aliphatic carbocycles.